The molecule has 2 heterocycles. The SMILES string of the molecule is [Cl][Ti][Cl].c1c[nH]c(-c2cc3ccccc3[cH-]2)c1.c1c[nH]c(-c2cc3ccccc3[cH-]2)c1. The van der Waals surface area contributed by atoms with Crippen molar-refractivity contribution < 1.29 is 17.0 Å². The van der Waals surface area contributed by atoms with Crippen molar-refractivity contribution >= 4 is 40.2 Å². The van der Waals surface area contributed by atoms with Gasteiger partial charge in [-0.25, -0.2) is 0 Å². The Kier molecular flexibility index (Phi) is 7.50. The fourth-order valence-electron chi connectivity index (χ4n) is 3.63. The van der Waals surface area contributed by atoms with Gasteiger partial charge in [0.25, 0.3) is 0 Å². The standard InChI is InChI=1S/2C13H10N.2ClH.Ti/c2*1-2-5-11-9-12(8-10(11)4-1)13-6-3-7-14-13;;;/h2*1-9,14H;2*1H;/q2*-1;;;+2/p-2. The molecule has 2 nitrogen and oxygen atoms in total. The summed E-state index contributed by atoms with van der Waals surface area (Å²) in [6.45, 7) is 0. The van der Waals surface area contributed by atoms with Crippen LogP contribution in [0.5, 0.6) is 0 Å². The molecule has 0 aliphatic carbocycles. The quantitative estimate of drug-likeness (QED) is 0.184. The molecule has 6 aromatic rings. The molecule has 0 bridgehead atoms. The zero-order valence-corrected chi connectivity index (χ0v) is 19.7. The molecule has 31 heavy (non-hydrogen) atoms. The first kappa shape index (κ1) is 21.7. The minimum atomic E-state index is -0.556. The number of rotatable bonds is 2. The van der Waals surface area contributed by atoms with Gasteiger partial charge in [0.1, 0.15) is 0 Å². The van der Waals surface area contributed by atoms with Crippen molar-refractivity contribution in [3.63, 3.8) is 0 Å². The van der Waals surface area contributed by atoms with Crippen LogP contribution in [0.3, 0.4) is 0 Å². The van der Waals surface area contributed by atoms with E-state index in [0.717, 1.165) is 0 Å². The molecule has 5 heteroatoms. The van der Waals surface area contributed by atoms with Crippen LogP contribution in [0.4, 0.5) is 0 Å². The second kappa shape index (κ2) is 10.7. The topological polar surface area (TPSA) is 31.6 Å². The summed E-state index contributed by atoms with van der Waals surface area (Å²) in [5.74, 6) is 0. The van der Waals surface area contributed by atoms with Crippen molar-refractivity contribution in [2.24, 2.45) is 0 Å². The zero-order valence-electron chi connectivity index (χ0n) is 16.6. The van der Waals surface area contributed by atoms with Gasteiger partial charge in [-0.15, -0.1) is 69.1 Å². The van der Waals surface area contributed by atoms with Gasteiger partial charge in [-0.1, -0.05) is 60.7 Å². The van der Waals surface area contributed by atoms with Crippen LogP contribution in [0.25, 0.3) is 44.1 Å². The molecule has 2 aromatic heterocycles. The third-order valence-corrected chi connectivity index (χ3v) is 5.05. The summed E-state index contributed by atoms with van der Waals surface area (Å²) < 4.78 is 0. The van der Waals surface area contributed by atoms with Crippen LogP contribution in [0, 0.1) is 0 Å². The van der Waals surface area contributed by atoms with Gasteiger partial charge < -0.3 is 9.97 Å². The normalized spacial score (nSPS) is 10.3. The minimum Gasteiger partial charge on any atom is -0.393 e. The van der Waals surface area contributed by atoms with Crippen molar-refractivity contribution in [3.8, 4) is 22.5 Å². The van der Waals surface area contributed by atoms with E-state index >= 15 is 0 Å². The number of hydrogen-bond donors (Lipinski definition) is 2. The van der Waals surface area contributed by atoms with Crippen LogP contribution >= 0.6 is 18.6 Å². The molecule has 0 radical (unpaired) electrons. The number of aromatic amines is 2. The Morgan fingerprint density at radius 3 is 1.35 bits per heavy atom. The number of aromatic nitrogens is 2. The largest absolute Gasteiger partial charge is 0.393 e. The van der Waals surface area contributed by atoms with Crippen molar-refractivity contribution in [2.75, 3.05) is 0 Å². The number of fused-ring (bicyclic) bond motifs is 2. The molecule has 0 spiro atoms. The van der Waals surface area contributed by atoms with Crippen LogP contribution in [0.1, 0.15) is 0 Å². The Balaban J connectivity index is 0.000000133. The maximum Gasteiger partial charge on any atom is -0.00647 e. The van der Waals surface area contributed by atoms with Gasteiger partial charge in [0.05, 0.1) is 0 Å². The molecule has 6 rings (SSSR count). The van der Waals surface area contributed by atoms with Gasteiger partial charge in [-0.2, -0.15) is 0 Å². The summed E-state index contributed by atoms with van der Waals surface area (Å²) in [5, 5.41) is 5.21. The minimum absolute atomic E-state index is 0.556. The van der Waals surface area contributed by atoms with E-state index in [1.807, 2.05) is 24.5 Å². The average molecular weight is 479 g/mol. The smallest absolute Gasteiger partial charge is 0.00647 e. The maximum atomic E-state index is 4.89. The summed E-state index contributed by atoms with van der Waals surface area (Å²) in [6, 6.07) is 33.9. The summed E-state index contributed by atoms with van der Waals surface area (Å²) >= 11 is -0.556. The Labute approximate surface area is 198 Å². The van der Waals surface area contributed by atoms with E-state index in [-0.39, 0.29) is 0 Å². The molecule has 4 aromatic carbocycles. The predicted molar refractivity (Wildman–Crippen MR) is 130 cm³/mol. The van der Waals surface area contributed by atoms with Crippen molar-refractivity contribution in [2.45, 2.75) is 0 Å². The van der Waals surface area contributed by atoms with Crippen molar-refractivity contribution in [1.29, 1.82) is 0 Å². The second-order valence-electron chi connectivity index (χ2n) is 6.98. The number of hydrogen-bond acceptors (Lipinski definition) is 0. The molecule has 0 amide bonds. The fraction of sp³-hybridized carbons (Fsp3) is 0. The van der Waals surface area contributed by atoms with Crippen LogP contribution in [-0.4, -0.2) is 9.97 Å². The summed E-state index contributed by atoms with van der Waals surface area (Å²) in [7, 11) is 9.78. The van der Waals surface area contributed by atoms with Gasteiger partial charge in [0, 0.05) is 0 Å². The molecule has 0 fully saturated rings. The summed E-state index contributed by atoms with van der Waals surface area (Å²) in [4.78, 5) is 6.43. The first-order valence-corrected chi connectivity index (χ1v) is 14.1. The first-order valence-electron chi connectivity index (χ1n) is 9.83. The number of halogens is 2. The molecule has 0 unspecified atom stereocenters. The van der Waals surface area contributed by atoms with Gasteiger partial charge in [-0.3, -0.25) is 0 Å². The van der Waals surface area contributed by atoms with Gasteiger partial charge in [0.15, 0.2) is 0 Å². The fourth-order valence-corrected chi connectivity index (χ4v) is 3.63. The van der Waals surface area contributed by atoms with Gasteiger partial charge >= 0.3 is 35.6 Å². The summed E-state index contributed by atoms with van der Waals surface area (Å²) in [6.07, 6.45) is 3.90. The third-order valence-electron chi connectivity index (χ3n) is 5.05. The molecule has 2 N–H and O–H groups in total. The Bertz CT molecular complexity index is 1160. The Hall–Kier alpha value is -2.49. The van der Waals surface area contributed by atoms with Crippen molar-refractivity contribution in [3.05, 3.63) is 109 Å². The predicted octanol–water partition coefficient (Wildman–Crippen LogP) is 8.48. The van der Waals surface area contributed by atoms with E-state index in [4.69, 9.17) is 18.6 Å². The Morgan fingerprint density at radius 2 is 1.00 bits per heavy atom. The van der Waals surface area contributed by atoms with Crippen molar-refractivity contribution in [1.82, 2.24) is 9.97 Å². The van der Waals surface area contributed by atoms with Crippen LogP contribution in [0.15, 0.2) is 109 Å². The van der Waals surface area contributed by atoms with E-state index < -0.39 is 17.0 Å². The number of H-pyrrole nitrogens is 2. The third kappa shape index (κ3) is 5.41. The van der Waals surface area contributed by atoms with E-state index in [1.165, 1.54) is 44.1 Å². The van der Waals surface area contributed by atoms with E-state index in [1.54, 1.807) is 0 Å². The molecule has 0 atom stereocenters. The van der Waals surface area contributed by atoms with E-state index in [9.17, 15) is 0 Å². The van der Waals surface area contributed by atoms with Crippen LogP contribution in [-0.2, 0) is 17.0 Å². The van der Waals surface area contributed by atoms with E-state index in [0.29, 0.717) is 0 Å². The number of nitrogens with one attached hydrogen (secondary N) is 2. The molecular formula is C26H20Cl2N2Ti-2. The van der Waals surface area contributed by atoms with Gasteiger partial charge in [0.2, 0.25) is 0 Å². The maximum absolute atomic E-state index is 4.89. The second-order valence-corrected chi connectivity index (χ2v) is 9.56. The summed E-state index contributed by atoms with van der Waals surface area (Å²) in [5.41, 5.74) is 4.88. The Morgan fingerprint density at radius 1 is 0.581 bits per heavy atom. The zero-order chi connectivity index (χ0) is 21.5. The molecule has 0 aliphatic heterocycles. The monoisotopic (exact) mass is 478 g/mol. The molecule has 154 valence electrons. The molecule has 0 saturated carbocycles. The van der Waals surface area contributed by atoms with Crippen LogP contribution < -0.4 is 0 Å². The first-order chi connectivity index (χ1) is 15.3. The number of benzene rings is 2. The average Bonchev–Trinajstić information content (AvgIpc) is 3.60. The molecular weight excluding hydrogens is 459 g/mol. The van der Waals surface area contributed by atoms with Crippen LogP contribution in [0.2, 0.25) is 0 Å². The van der Waals surface area contributed by atoms with Gasteiger partial charge in [-0.05, 0) is 23.8 Å². The molecule has 0 saturated heterocycles. The van der Waals surface area contributed by atoms with E-state index in [2.05, 4.69) is 94.9 Å². The molecule has 0 aliphatic rings.